The van der Waals surface area contributed by atoms with Gasteiger partial charge < -0.3 is 66.7 Å². The lowest BCUT2D eigenvalue weighted by atomic mass is 10.2. The minimum atomic E-state index is -0.877. The predicted molar refractivity (Wildman–Crippen MR) is 179 cm³/mol. The molecule has 0 fully saturated rings. The molecule has 0 aliphatic rings. The maximum Gasteiger partial charge on any atom is 0.305 e. The van der Waals surface area contributed by atoms with Gasteiger partial charge in [0.2, 0.25) is 0 Å². The van der Waals surface area contributed by atoms with Crippen LogP contribution in [0.25, 0.3) is 0 Å². The van der Waals surface area contributed by atoms with Gasteiger partial charge in [0.15, 0.2) is 0 Å². The van der Waals surface area contributed by atoms with Crippen molar-refractivity contribution in [1.29, 1.82) is 0 Å². The van der Waals surface area contributed by atoms with Crippen LogP contribution < -0.4 is 4.74 Å². The minimum Gasteiger partial charge on any atom is -0.491 e. The van der Waals surface area contributed by atoms with E-state index in [4.69, 9.17) is 66.7 Å². The molecule has 0 unspecified atom stereocenters. The van der Waals surface area contributed by atoms with Gasteiger partial charge in [-0.05, 0) is 24.3 Å². The molecule has 0 bridgehead atoms. The first-order chi connectivity index (χ1) is 24.7. The zero-order valence-corrected chi connectivity index (χ0v) is 29.3. The highest BCUT2D eigenvalue weighted by atomic mass is 16.6. The quantitative estimate of drug-likeness (QED) is 0.0761. The van der Waals surface area contributed by atoms with E-state index in [-0.39, 0.29) is 13.0 Å². The summed E-state index contributed by atoms with van der Waals surface area (Å²) >= 11 is 0. The molecule has 290 valence electrons. The Kier molecular flexibility index (Phi) is 34.7. The van der Waals surface area contributed by atoms with Crippen LogP contribution in [0.1, 0.15) is 16.8 Å². The second kappa shape index (κ2) is 37.9. The molecule has 0 aliphatic carbocycles. The Morgan fingerprint density at radius 3 is 0.880 bits per heavy atom. The highest BCUT2D eigenvalue weighted by Gasteiger charge is 1.99. The van der Waals surface area contributed by atoms with E-state index in [2.05, 4.69) is 0 Å². The van der Waals surface area contributed by atoms with Crippen molar-refractivity contribution in [3.05, 3.63) is 29.8 Å². The van der Waals surface area contributed by atoms with Gasteiger partial charge in [-0.2, -0.15) is 0 Å². The predicted octanol–water partition coefficient (Wildman–Crippen LogP) is 1.55. The number of ether oxygens (including phenoxy) is 13. The zero-order chi connectivity index (χ0) is 35.8. The van der Waals surface area contributed by atoms with Gasteiger partial charge in [-0.15, -0.1) is 0 Å². The van der Waals surface area contributed by atoms with E-state index in [0.717, 1.165) is 6.29 Å². The Labute approximate surface area is 295 Å². The average Bonchev–Trinajstić information content (AvgIpc) is 3.12. The summed E-state index contributed by atoms with van der Waals surface area (Å²) in [6, 6.07) is 6.92. The monoisotopic (exact) mass is 722 g/mol. The number of carbonyl (C=O) groups is 2. The largest absolute Gasteiger partial charge is 0.491 e. The number of carboxylic acids is 1. The van der Waals surface area contributed by atoms with E-state index in [1.807, 2.05) is 0 Å². The maximum absolute atomic E-state index is 10.6. The molecule has 0 radical (unpaired) electrons. The van der Waals surface area contributed by atoms with Crippen molar-refractivity contribution in [3.63, 3.8) is 0 Å². The van der Waals surface area contributed by atoms with Crippen molar-refractivity contribution in [2.24, 2.45) is 0 Å². The van der Waals surface area contributed by atoms with Crippen molar-refractivity contribution >= 4 is 12.3 Å². The Morgan fingerprint density at radius 1 is 0.400 bits per heavy atom. The van der Waals surface area contributed by atoms with Crippen LogP contribution in [0.3, 0.4) is 0 Å². The lowest BCUT2D eigenvalue weighted by Gasteiger charge is -2.09. The van der Waals surface area contributed by atoms with E-state index in [0.29, 0.717) is 170 Å². The fourth-order valence-corrected chi connectivity index (χ4v) is 3.54. The highest BCUT2D eigenvalue weighted by Crippen LogP contribution is 2.10. The van der Waals surface area contributed by atoms with Crippen LogP contribution in [-0.2, 0) is 61.6 Å². The van der Waals surface area contributed by atoms with Crippen LogP contribution in [0.4, 0.5) is 0 Å². The SMILES string of the molecule is O=Cc1ccc(OCCOCCOCCOCCOCCOCCOCCOCCOCCOCCOCCOCCOCCC(=O)O)cc1. The van der Waals surface area contributed by atoms with Gasteiger partial charge >= 0.3 is 5.97 Å². The molecule has 1 rings (SSSR count). The molecule has 1 N–H and O–H groups in total. The van der Waals surface area contributed by atoms with Gasteiger partial charge in [0.25, 0.3) is 0 Å². The molecule has 16 heteroatoms. The zero-order valence-electron chi connectivity index (χ0n) is 29.3. The van der Waals surface area contributed by atoms with Crippen LogP contribution >= 0.6 is 0 Å². The van der Waals surface area contributed by atoms with Crippen LogP contribution in [0, 0.1) is 0 Å². The molecular weight excluding hydrogens is 664 g/mol. The number of benzene rings is 1. The number of hydrogen-bond acceptors (Lipinski definition) is 15. The molecule has 50 heavy (non-hydrogen) atoms. The first-order valence-corrected chi connectivity index (χ1v) is 17.0. The van der Waals surface area contributed by atoms with Crippen LogP contribution in [0.15, 0.2) is 24.3 Å². The van der Waals surface area contributed by atoms with E-state index in [1.54, 1.807) is 24.3 Å². The molecule has 0 aromatic heterocycles. The molecule has 1 aromatic rings. The molecule has 16 nitrogen and oxygen atoms in total. The topological polar surface area (TPSA) is 174 Å². The summed E-state index contributed by atoms with van der Waals surface area (Å²) in [5.41, 5.74) is 0.613. The Hall–Kier alpha value is -2.32. The van der Waals surface area contributed by atoms with E-state index < -0.39 is 5.97 Å². The summed E-state index contributed by atoms with van der Waals surface area (Å²) in [4.78, 5) is 21.0. The van der Waals surface area contributed by atoms with E-state index in [1.165, 1.54) is 0 Å². The first-order valence-electron chi connectivity index (χ1n) is 17.0. The molecule has 0 saturated carbocycles. The van der Waals surface area contributed by atoms with Gasteiger partial charge in [-0.1, -0.05) is 0 Å². The summed E-state index contributed by atoms with van der Waals surface area (Å²) in [6.07, 6.45) is 0.788. The van der Waals surface area contributed by atoms with Crippen LogP contribution in [0.5, 0.6) is 5.75 Å². The Balaban J connectivity index is 1.63. The van der Waals surface area contributed by atoms with Crippen LogP contribution in [0.2, 0.25) is 0 Å². The van der Waals surface area contributed by atoms with Gasteiger partial charge in [0.1, 0.15) is 18.6 Å². The minimum absolute atomic E-state index is 0.00620. The fourth-order valence-electron chi connectivity index (χ4n) is 3.54. The van der Waals surface area contributed by atoms with Gasteiger partial charge in [-0.3, -0.25) is 9.59 Å². The number of aliphatic carboxylic acids is 1. The molecule has 0 aliphatic heterocycles. The van der Waals surface area contributed by atoms with E-state index in [9.17, 15) is 9.59 Å². The third-order valence-electron chi connectivity index (χ3n) is 6.06. The van der Waals surface area contributed by atoms with Crippen molar-refractivity contribution in [2.75, 3.05) is 165 Å². The fraction of sp³-hybridized carbons (Fsp3) is 0.765. The van der Waals surface area contributed by atoms with Crippen molar-refractivity contribution in [2.45, 2.75) is 6.42 Å². The third kappa shape index (κ3) is 34.1. The number of carbonyl (C=O) groups excluding carboxylic acids is 1. The molecule has 1 aromatic carbocycles. The van der Waals surface area contributed by atoms with Crippen molar-refractivity contribution < 1.29 is 76.3 Å². The van der Waals surface area contributed by atoms with Gasteiger partial charge in [0, 0.05) is 5.56 Å². The average molecular weight is 723 g/mol. The Bertz CT molecular complexity index is 860. The summed E-state index contributed by atoms with van der Waals surface area (Å²) in [6.45, 7) is 11.4. The molecule has 0 amide bonds. The van der Waals surface area contributed by atoms with Crippen LogP contribution in [-0.4, -0.2) is 183 Å². The Morgan fingerprint density at radius 2 is 0.640 bits per heavy atom. The lowest BCUT2D eigenvalue weighted by Crippen LogP contribution is -2.15. The van der Waals surface area contributed by atoms with Crippen molar-refractivity contribution in [1.82, 2.24) is 0 Å². The molecular formula is C34H58O16. The van der Waals surface area contributed by atoms with Crippen molar-refractivity contribution in [3.8, 4) is 5.75 Å². The highest BCUT2D eigenvalue weighted by molar-refractivity contribution is 5.74. The number of rotatable bonds is 41. The van der Waals surface area contributed by atoms with Gasteiger partial charge in [0.05, 0.1) is 165 Å². The number of hydrogen-bond donors (Lipinski definition) is 1. The number of carboxylic acid groups (broad SMARTS) is 1. The normalized spacial score (nSPS) is 11.3. The standard InChI is InChI=1S/C34H58O16/c35-31-32-1-3-33(4-2-32)50-30-29-49-28-27-48-26-25-47-24-23-46-22-21-45-20-19-44-18-17-43-16-15-42-14-13-41-12-11-40-10-9-39-8-7-38-6-5-34(36)37/h1-4,31H,5-30H2,(H,36,37). The molecule has 0 atom stereocenters. The molecule has 0 spiro atoms. The van der Waals surface area contributed by atoms with Gasteiger partial charge in [-0.25, -0.2) is 0 Å². The molecule has 0 saturated heterocycles. The summed E-state index contributed by atoms with van der Waals surface area (Å²) in [5.74, 6) is -0.179. The third-order valence-corrected chi connectivity index (χ3v) is 6.06. The summed E-state index contributed by atoms with van der Waals surface area (Å²) < 4.78 is 70.5. The second-order valence-electron chi connectivity index (χ2n) is 10.0. The second-order valence-corrected chi connectivity index (χ2v) is 10.0. The summed E-state index contributed by atoms with van der Waals surface area (Å²) in [5, 5.41) is 8.49. The smallest absolute Gasteiger partial charge is 0.305 e. The maximum atomic E-state index is 10.6. The number of aldehydes is 1. The van der Waals surface area contributed by atoms with E-state index >= 15 is 0 Å². The molecule has 0 heterocycles. The summed E-state index contributed by atoms with van der Waals surface area (Å²) in [7, 11) is 0. The first kappa shape index (κ1) is 45.7. The lowest BCUT2D eigenvalue weighted by molar-refractivity contribution is -0.138.